The fraction of sp³-hybridized carbons (Fsp3) is 0.300. The van der Waals surface area contributed by atoms with Crippen LogP contribution in [-0.2, 0) is 32.6 Å². The molecule has 1 aliphatic heterocycles. The van der Waals surface area contributed by atoms with Gasteiger partial charge in [-0.05, 0) is 54.3 Å². The Balaban J connectivity index is 1.63. The zero-order valence-electron chi connectivity index (χ0n) is 16.3. The monoisotopic (exact) mass is 417 g/mol. The summed E-state index contributed by atoms with van der Waals surface area (Å²) in [5, 5.41) is 5.13. The van der Waals surface area contributed by atoms with Crippen molar-refractivity contribution < 1.29 is 22.7 Å². The van der Waals surface area contributed by atoms with Gasteiger partial charge in [-0.15, -0.1) is 0 Å². The average molecular weight is 417 g/mol. The van der Waals surface area contributed by atoms with Gasteiger partial charge in [-0.1, -0.05) is 12.1 Å². The number of benzene rings is 2. The zero-order chi connectivity index (χ0) is 21.0. The molecule has 1 aliphatic rings. The molecule has 0 spiro atoms. The van der Waals surface area contributed by atoms with Crippen molar-refractivity contribution in [3.05, 3.63) is 53.6 Å². The summed E-state index contributed by atoms with van der Waals surface area (Å²) in [7, 11) is -1.80. The number of fused-ring (bicyclic) bond motifs is 1. The summed E-state index contributed by atoms with van der Waals surface area (Å²) in [6, 6.07) is 12.1. The van der Waals surface area contributed by atoms with Crippen LogP contribution in [0.5, 0.6) is 5.75 Å². The number of amides is 2. The summed E-state index contributed by atoms with van der Waals surface area (Å²) < 4.78 is 30.3. The fourth-order valence-electron chi connectivity index (χ4n) is 3.22. The van der Waals surface area contributed by atoms with Gasteiger partial charge in [-0.25, -0.2) is 8.42 Å². The second kappa shape index (κ2) is 8.52. The van der Waals surface area contributed by atoms with E-state index in [1.165, 1.54) is 10.6 Å². The minimum atomic E-state index is -3.35. The van der Waals surface area contributed by atoms with E-state index in [2.05, 4.69) is 10.6 Å². The van der Waals surface area contributed by atoms with Crippen molar-refractivity contribution in [1.82, 2.24) is 5.32 Å². The van der Waals surface area contributed by atoms with E-state index in [0.717, 1.165) is 11.1 Å². The maximum atomic E-state index is 12.2. The first kappa shape index (κ1) is 20.7. The van der Waals surface area contributed by atoms with Gasteiger partial charge in [-0.3, -0.25) is 13.9 Å². The van der Waals surface area contributed by atoms with Gasteiger partial charge in [0.05, 0.1) is 19.1 Å². The number of hydrogen-bond acceptors (Lipinski definition) is 5. The first-order valence-corrected chi connectivity index (χ1v) is 11.0. The number of ether oxygens (including phenoxy) is 1. The minimum Gasteiger partial charge on any atom is -0.497 e. The van der Waals surface area contributed by atoms with Crippen LogP contribution < -0.4 is 19.7 Å². The molecule has 0 unspecified atom stereocenters. The van der Waals surface area contributed by atoms with Crippen molar-refractivity contribution in [3.8, 4) is 5.75 Å². The summed E-state index contributed by atoms with van der Waals surface area (Å²) >= 11 is 0. The molecule has 0 aliphatic carbocycles. The van der Waals surface area contributed by atoms with Crippen LogP contribution in [0.15, 0.2) is 42.5 Å². The van der Waals surface area contributed by atoms with Crippen LogP contribution in [0.3, 0.4) is 0 Å². The van der Waals surface area contributed by atoms with Crippen LogP contribution in [0.4, 0.5) is 11.4 Å². The second-order valence-corrected chi connectivity index (χ2v) is 8.68. The van der Waals surface area contributed by atoms with Crippen molar-refractivity contribution in [1.29, 1.82) is 0 Å². The van der Waals surface area contributed by atoms with Crippen LogP contribution in [0.25, 0.3) is 0 Å². The number of nitrogens with zero attached hydrogens (tertiary/aromatic N) is 1. The number of aryl methyl sites for hydroxylation is 1. The lowest BCUT2D eigenvalue weighted by Gasteiger charge is -2.29. The largest absolute Gasteiger partial charge is 0.497 e. The topological polar surface area (TPSA) is 105 Å². The molecule has 3 rings (SSSR count). The number of carbonyl (C=O) groups is 2. The second-order valence-electron chi connectivity index (χ2n) is 6.77. The molecular formula is C20H23N3O5S. The predicted octanol–water partition coefficient (Wildman–Crippen LogP) is 1.66. The normalized spacial score (nSPS) is 13.4. The van der Waals surface area contributed by atoms with E-state index in [-0.39, 0.29) is 6.54 Å². The molecule has 154 valence electrons. The fourth-order valence-corrected chi connectivity index (χ4v) is 4.21. The van der Waals surface area contributed by atoms with Crippen LogP contribution in [0.2, 0.25) is 0 Å². The molecule has 1 heterocycles. The van der Waals surface area contributed by atoms with Crippen molar-refractivity contribution >= 4 is 33.2 Å². The highest BCUT2D eigenvalue weighted by Gasteiger charge is 2.24. The Labute approximate surface area is 169 Å². The molecule has 0 saturated carbocycles. The summed E-state index contributed by atoms with van der Waals surface area (Å²) in [6.07, 6.45) is 2.57. The average Bonchev–Trinajstić information content (AvgIpc) is 2.70. The number of anilines is 2. The van der Waals surface area contributed by atoms with E-state index in [4.69, 9.17) is 4.74 Å². The molecule has 8 nitrogen and oxygen atoms in total. The summed E-state index contributed by atoms with van der Waals surface area (Å²) in [6.45, 7) is 0.626. The van der Waals surface area contributed by atoms with Gasteiger partial charge < -0.3 is 15.4 Å². The van der Waals surface area contributed by atoms with E-state index in [0.29, 0.717) is 36.5 Å². The van der Waals surface area contributed by atoms with E-state index < -0.39 is 21.8 Å². The molecule has 0 atom stereocenters. The number of sulfonamides is 1. The summed E-state index contributed by atoms with van der Waals surface area (Å²) in [5.41, 5.74) is 2.68. The maximum absolute atomic E-state index is 12.2. The Kier molecular flexibility index (Phi) is 6.07. The van der Waals surface area contributed by atoms with E-state index in [9.17, 15) is 18.0 Å². The lowest BCUT2D eigenvalue weighted by atomic mass is 10.0. The summed E-state index contributed by atoms with van der Waals surface area (Å²) in [5.74, 6) is -0.884. The highest BCUT2D eigenvalue weighted by molar-refractivity contribution is 7.92. The molecule has 2 aromatic carbocycles. The zero-order valence-corrected chi connectivity index (χ0v) is 17.1. The SMILES string of the molecule is COc1cccc(CNC(=O)C(=O)Nc2ccc3c(c2)CCCN3S(C)(=O)=O)c1. The van der Waals surface area contributed by atoms with Gasteiger partial charge in [0.2, 0.25) is 10.0 Å². The lowest BCUT2D eigenvalue weighted by Crippen LogP contribution is -2.35. The Hall–Kier alpha value is -3.07. The van der Waals surface area contributed by atoms with Gasteiger partial charge in [0, 0.05) is 18.8 Å². The molecule has 0 aromatic heterocycles. The smallest absolute Gasteiger partial charge is 0.313 e. The molecule has 0 saturated heterocycles. The standard InChI is InChI=1S/C20H23N3O5S/c1-28-17-7-3-5-14(11-17)13-21-19(24)20(25)22-16-8-9-18-15(12-16)6-4-10-23(18)29(2,26)27/h3,5,7-9,11-12H,4,6,10,13H2,1-2H3,(H,21,24)(H,22,25). The van der Waals surface area contributed by atoms with Crippen molar-refractivity contribution in [2.45, 2.75) is 19.4 Å². The Morgan fingerprint density at radius 3 is 2.66 bits per heavy atom. The van der Waals surface area contributed by atoms with Crippen LogP contribution in [0, 0.1) is 0 Å². The number of methoxy groups -OCH3 is 1. The maximum Gasteiger partial charge on any atom is 0.313 e. The van der Waals surface area contributed by atoms with Gasteiger partial charge in [0.15, 0.2) is 0 Å². The van der Waals surface area contributed by atoms with Gasteiger partial charge in [0.25, 0.3) is 0 Å². The predicted molar refractivity (Wildman–Crippen MR) is 110 cm³/mol. The van der Waals surface area contributed by atoms with Gasteiger partial charge in [-0.2, -0.15) is 0 Å². The third kappa shape index (κ3) is 5.05. The summed E-state index contributed by atoms with van der Waals surface area (Å²) in [4.78, 5) is 24.3. The van der Waals surface area contributed by atoms with Crippen molar-refractivity contribution in [2.75, 3.05) is 29.5 Å². The first-order chi connectivity index (χ1) is 13.8. The molecule has 2 amide bonds. The molecule has 2 N–H and O–H groups in total. The Morgan fingerprint density at radius 2 is 1.93 bits per heavy atom. The quantitative estimate of drug-likeness (QED) is 0.720. The third-order valence-corrected chi connectivity index (χ3v) is 5.79. The number of nitrogens with one attached hydrogen (secondary N) is 2. The molecule has 29 heavy (non-hydrogen) atoms. The highest BCUT2D eigenvalue weighted by atomic mass is 32.2. The Morgan fingerprint density at radius 1 is 1.14 bits per heavy atom. The van der Waals surface area contributed by atoms with Crippen LogP contribution >= 0.6 is 0 Å². The van der Waals surface area contributed by atoms with E-state index in [1.54, 1.807) is 43.5 Å². The molecule has 0 bridgehead atoms. The minimum absolute atomic E-state index is 0.191. The number of rotatable bonds is 5. The molecule has 2 aromatic rings. The molecule has 0 fully saturated rings. The molecular weight excluding hydrogens is 394 g/mol. The third-order valence-electron chi connectivity index (χ3n) is 4.61. The first-order valence-electron chi connectivity index (χ1n) is 9.10. The van der Waals surface area contributed by atoms with Crippen molar-refractivity contribution in [3.63, 3.8) is 0 Å². The van der Waals surface area contributed by atoms with E-state index >= 15 is 0 Å². The van der Waals surface area contributed by atoms with Crippen LogP contribution in [-0.4, -0.2) is 40.1 Å². The lowest BCUT2D eigenvalue weighted by molar-refractivity contribution is -0.136. The van der Waals surface area contributed by atoms with Crippen molar-refractivity contribution in [2.24, 2.45) is 0 Å². The van der Waals surface area contributed by atoms with Gasteiger partial charge in [0.1, 0.15) is 5.75 Å². The van der Waals surface area contributed by atoms with Crippen LogP contribution in [0.1, 0.15) is 17.5 Å². The number of hydrogen-bond donors (Lipinski definition) is 2. The van der Waals surface area contributed by atoms with Gasteiger partial charge >= 0.3 is 11.8 Å². The number of carbonyl (C=O) groups excluding carboxylic acids is 2. The Bertz CT molecular complexity index is 1040. The molecule has 9 heteroatoms. The van der Waals surface area contributed by atoms with E-state index in [1.807, 2.05) is 6.07 Å². The molecule has 0 radical (unpaired) electrons. The highest BCUT2D eigenvalue weighted by Crippen LogP contribution is 2.31.